The average molecular weight is 478 g/mol. The molecule has 1 aromatic carbocycles. The predicted octanol–water partition coefficient (Wildman–Crippen LogP) is 1.56. The normalized spacial score (nSPS) is 17.8. The van der Waals surface area contributed by atoms with Gasteiger partial charge in [-0.25, -0.2) is 18.6 Å². The number of nitrogens with zero attached hydrogens (tertiary/aromatic N) is 2. The van der Waals surface area contributed by atoms with Crippen molar-refractivity contribution in [1.82, 2.24) is 20.2 Å². The Morgan fingerprint density at radius 2 is 1.85 bits per heavy atom. The van der Waals surface area contributed by atoms with Gasteiger partial charge in [-0.15, -0.1) is 0 Å². The Hall–Kier alpha value is -3.55. The molecule has 1 aliphatic heterocycles. The van der Waals surface area contributed by atoms with Crippen molar-refractivity contribution < 1.29 is 41.8 Å². The highest BCUT2D eigenvalue weighted by atomic mass is 19.4. The second kappa shape index (κ2) is 10.4. The summed E-state index contributed by atoms with van der Waals surface area (Å²) >= 11 is 0. The smallest absolute Gasteiger partial charge is 0.490 e. The van der Waals surface area contributed by atoms with Gasteiger partial charge >= 0.3 is 12.1 Å². The van der Waals surface area contributed by atoms with Crippen molar-refractivity contribution in [3.05, 3.63) is 57.5 Å². The van der Waals surface area contributed by atoms with E-state index in [-0.39, 0.29) is 25.3 Å². The van der Waals surface area contributed by atoms with Crippen LogP contribution in [0, 0.1) is 5.82 Å². The molecule has 2 atom stereocenters. The number of hydrogen-bond donors (Lipinski definition) is 4. The van der Waals surface area contributed by atoms with Crippen LogP contribution in [0.5, 0.6) is 5.75 Å². The number of carbonyl (C=O) groups is 2. The molecule has 0 spiro atoms. The molecule has 2 aromatic rings. The summed E-state index contributed by atoms with van der Waals surface area (Å²) < 4.78 is 59.2. The molecule has 0 bridgehead atoms. The Balaban J connectivity index is 0.000000479. The van der Waals surface area contributed by atoms with Crippen LogP contribution in [0.4, 0.5) is 22.0 Å². The maximum absolute atomic E-state index is 13.4. The molecule has 2 heterocycles. The molecule has 1 fully saturated rings. The molecule has 33 heavy (non-hydrogen) atoms. The van der Waals surface area contributed by atoms with Gasteiger partial charge in [-0.2, -0.15) is 13.2 Å². The molecular weight excluding hydrogens is 459 g/mol. The van der Waals surface area contributed by atoms with Crippen LogP contribution in [0.15, 0.2) is 29.1 Å². The maximum Gasteiger partial charge on any atom is 0.490 e. The highest BCUT2D eigenvalue weighted by Gasteiger charge is 2.38. The molecule has 0 aliphatic carbocycles. The molecule has 180 valence electrons. The lowest BCUT2D eigenvalue weighted by molar-refractivity contribution is -0.192. The second-order valence-corrected chi connectivity index (χ2v) is 6.94. The number of carbonyl (C=O) groups excluding carboxylic acids is 1. The van der Waals surface area contributed by atoms with Crippen molar-refractivity contribution in [3.8, 4) is 5.75 Å². The third kappa shape index (κ3) is 6.71. The first-order valence-electron chi connectivity index (χ1n) is 9.31. The van der Waals surface area contributed by atoms with Crippen molar-refractivity contribution in [3.63, 3.8) is 0 Å². The molecule has 9 nitrogen and oxygen atoms in total. The minimum Gasteiger partial charge on any atom is -0.501 e. The number of aromatic hydroxyl groups is 1. The van der Waals surface area contributed by atoms with Crippen molar-refractivity contribution in [2.45, 2.75) is 31.4 Å². The van der Waals surface area contributed by atoms with Crippen LogP contribution in [0.1, 0.15) is 34.3 Å². The van der Waals surface area contributed by atoms with E-state index in [4.69, 9.17) is 9.90 Å². The predicted molar refractivity (Wildman–Crippen MR) is 103 cm³/mol. The van der Waals surface area contributed by atoms with Crippen molar-refractivity contribution in [2.24, 2.45) is 7.05 Å². The molecule has 4 N–H and O–H groups in total. The summed E-state index contributed by atoms with van der Waals surface area (Å²) in [6, 6.07) is 5.00. The zero-order valence-electron chi connectivity index (χ0n) is 17.0. The minimum atomic E-state index is -5.08. The first kappa shape index (κ1) is 25.7. The lowest BCUT2D eigenvalue weighted by atomic mass is 10.2. The maximum atomic E-state index is 13.4. The number of rotatable bonds is 4. The van der Waals surface area contributed by atoms with Gasteiger partial charge in [0.05, 0.1) is 6.04 Å². The number of alkyl halides is 4. The van der Waals surface area contributed by atoms with Crippen molar-refractivity contribution >= 4 is 11.9 Å². The second-order valence-electron chi connectivity index (χ2n) is 6.94. The average Bonchev–Trinajstić information content (AvgIpc) is 3.17. The number of aliphatic carboxylic acids is 1. The molecule has 0 unspecified atom stereocenters. The molecule has 1 aromatic heterocycles. The van der Waals surface area contributed by atoms with Crippen molar-refractivity contribution in [1.29, 1.82) is 0 Å². The van der Waals surface area contributed by atoms with Gasteiger partial charge in [-0.3, -0.25) is 14.2 Å². The molecule has 3 rings (SSSR count). The quantitative estimate of drug-likeness (QED) is 0.490. The Morgan fingerprint density at radius 1 is 1.27 bits per heavy atom. The Bertz CT molecular complexity index is 1070. The van der Waals surface area contributed by atoms with E-state index in [0.717, 1.165) is 4.57 Å². The standard InChI is InChI=1S/C17H18F2N4O3.C2HF3O2/c1-23-15(12-6-11(19)8-20-12)22-13(14(24)17(23)26)16(25)21-7-9-2-4-10(18)5-3-9;3-2(4,5)1(6)7/h2-5,11-12,20,24H,6-8H2,1H3,(H,21,25);(H,6,7)/t11-,12+;/m1./s1. The fraction of sp³-hybridized carbons (Fsp3) is 0.368. The fourth-order valence-corrected chi connectivity index (χ4v) is 2.83. The van der Waals surface area contributed by atoms with E-state index in [1.54, 1.807) is 0 Å². The Kier molecular flexibility index (Phi) is 8.08. The van der Waals surface area contributed by atoms with Crippen LogP contribution in [0.25, 0.3) is 0 Å². The zero-order chi connectivity index (χ0) is 24.9. The fourth-order valence-electron chi connectivity index (χ4n) is 2.83. The Morgan fingerprint density at radius 3 is 2.33 bits per heavy atom. The molecule has 0 radical (unpaired) electrons. The third-order valence-corrected chi connectivity index (χ3v) is 4.51. The number of aromatic nitrogens is 2. The van der Waals surface area contributed by atoms with Gasteiger partial charge < -0.3 is 20.8 Å². The minimum absolute atomic E-state index is 0.0685. The number of nitrogens with one attached hydrogen (secondary N) is 2. The summed E-state index contributed by atoms with van der Waals surface area (Å²) in [4.78, 5) is 37.5. The van der Waals surface area contributed by atoms with Crippen LogP contribution in [0.3, 0.4) is 0 Å². The van der Waals surface area contributed by atoms with Crippen LogP contribution in [-0.2, 0) is 18.4 Å². The van der Waals surface area contributed by atoms with E-state index >= 15 is 0 Å². The molecule has 0 saturated carbocycles. The van der Waals surface area contributed by atoms with E-state index in [2.05, 4.69) is 15.6 Å². The van der Waals surface area contributed by atoms with Crippen LogP contribution in [0.2, 0.25) is 0 Å². The number of carboxylic acids is 1. The number of halogens is 5. The third-order valence-electron chi connectivity index (χ3n) is 4.51. The largest absolute Gasteiger partial charge is 0.501 e. The highest BCUT2D eigenvalue weighted by molar-refractivity contribution is 5.94. The summed E-state index contributed by atoms with van der Waals surface area (Å²) in [5, 5.41) is 22.5. The molecule has 1 saturated heterocycles. The molecule has 1 amide bonds. The Labute approximate surface area is 182 Å². The van der Waals surface area contributed by atoms with E-state index in [1.807, 2.05) is 0 Å². The van der Waals surface area contributed by atoms with Gasteiger partial charge in [0.2, 0.25) is 5.75 Å². The highest BCUT2D eigenvalue weighted by Crippen LogP contribution is 2.24. The summed E-state index contributed by atoms with van der Waals surface area (Å²) in [5.41, 5.74) is -0.568. The van der Waals surface area contributed by atoms with Crippen LogP contribution in [-0.4, -0.2) is 50.5 Å². The van der Waals surface area contributed by atoms with Gasteiger partial charge in [0.15, 0.2) is 5.69 Å². The van der Waals surface area contributed by atoms with Gasteiger partial charge in [-0.05, 0) is 17.7 Å². The van der Waals surface area contributed by atoms with E-state index in [0.29, 0.717) is 5.56 Å². The SMILES string of the molecule is Cn1c([C@@H]2C[C@@H](F)CN2)nc(C(=O)NCc2ccc(F)cc2)c(O)c1=O.O=C(O)C(F)(F)F. The summed E-state index contributed by atoms with van der Waals surface area (Å²) in [6.45, 7) is 0.201. The zero-order valence-corrected chi connectivity index (χ0v) is 17.0. The van der Waals surface area contributed by atoms with Crippen LogP contribution >= 0.6 is 0 Å². The number of carboxylic acid groups (broad SMARTS) is 1. The summed E-state index contributed by atoms with van der Waals surface area (Å²) in [7, 11) is 1.40. The molecular formula is C19H19F5N4O5. The van der Waals surface area contributed by atoms with E-state index < -0.39 is 53.1 Å². The van der Waals surface area contributed by atoms with Gasteiger partial charge in [0.25, 0.3) is 11.5 Å². The molecule has 14 heteroatoms. The first-order valence-corrected chi connectivity index (χ1v) is 9.31. The van der Waals surface area contributed by atoms with Gasteiger partial charge in [0, 0.05) is 26.6 Å². The topological polar surface area (TPSA) is 134 Å². The van der Waals surface area contributed by atoms with E-state index in [9.17, 15) is 36.6 Å². The van der Waals surface area contributed by atoms with Gasteiger partial charge in [0.1, 0.15) is 17.8 Å². The lowest BCUT2D eigenvalue weighted by Crippen LogP contribution is -2.32. The number of hydrogen-bond acceptors (Lipinski definition) is 6. The number of amides is 1. The summed E-state index contributed by atoms with van der Waals surface area (Å²) in [5.74, 6) is -4.50. The van der Waals surface area contributed by atoms with E-state index in [1.165, 1.54) is 31.3 Å². The monoisotopic (exact) mass is 478 g/mol. The lowest BCUT2D eigenvalue weighted by Gasteiger charge is -2.16. The van der Waals surface area contributed by atoms with Crippen LogP contribution < -0.4 is 16.2 Å². The summed E-state index contributed by atoms with van der Waals surface area (Å²) in [6.07, 6.45) is -6.02. The number of benzene rings is 1. The first-order chi connectivity index (χ1) is 15.3. The molecule has 1 aliphatic rings. The van der Waals surface area contributed by atoms with Crippen molar-refractivity contribution in [2.75, 3.05) is 6.54 Å². The van der Waals surface area contributed by atoms with Gasteiger partial charge in [-0.1, -0.05) is 12.1 Å².